The molecule has 2 aromatic heterocycles. The van der Waals surface area contributed by atoms with Crippen LogP contribution in [0.15, 0.2) is 30.3 Å². The zero-order chi connectivity index (χ0) is 18.4. The highest BCUT2D eigenvalue weighted by Crippen LogP contribution is 2.36. The van der Waals surface area contributed by atoms with Crippen LogP contribution < -0.4 is 4.90 Å². The minimum Gasteiger partial charge on any atom is -0.312 e. The van der Waals surface area contributed by atoms with Gasteiger partial charge in [-0.3, -0.25) is 4.79 Å². The Bertz CT molecular complexity index is 1000. The quantitative estimate of drug-likeness (QED) is 0.724. The van der Waals surface area contributed by atoms with E-state index in [1.54, 1.807) is 0 Å². The molecule has 0 fully saturated rings. The number of carbonyl (C=O) groups is 1. The van der Waals surface area contributed by atoms with Gasteiger partial charge in [0.1, 0.15) is 0 Å². The third kappa shape index (κ3) is 2.68. The molecule has 0 saturated carbocycles. The second kappa shape index (κ2) is 6.24. The number of aromatic nitrogens is 3. The Morgan fingerprint density at radius 3 is 2.81 bits per heavy atom. The second-order valence-corrected chi connectivity index (χ2v) is 7.28. The molecule has 0 radical (unpaired) electrons. The Morgan fingerprint density at radius 2 is 2.00 bits per heavy atom. The van der Waals surface area contributed by atoms with Gasteiger partial charge in [0, 0.05) is 42.0 Å². The molecule has 0 unspecified atom stereocenters. The number of para-hydroxylation sites is 1. The first-order valence-electron chi connectivity index (χ1n) is 9.17. The van der Waals surface area contributed by atoms with Crippen LogP contribution in [0.2, 0.25) is 0 Å². The Hall–Kier alpha value is -2.69. The summed E-state index contributed by atoms with van der Waals surface area (Å²) in [6.45, 7) is 8.99. The molecule has 0 aliphatic carbocycles. The van der Waals surface area contributed by atoms with E-state index in [-0.39, 0.29) is 5.91 Å². The Morgan fingerprint density at radius 1 is 1.23 bits per heavy atom. The minimum atomic E-state index is 0.178. The maximum absolute atomic E-state index is 12.9. The number of aryl methyl sites for hydroxylation is 3. The lowest BCUT2D eigenvalue weighted by molar-refractivity contribution is -0.118. The van der Waals surface area contributed by atoms with Gasteiger partial charge in [-0.25, -0.2) is 9.50 Å². The maximum atomic E-state index is 12.9. The zero-order valence-electron chi connectivity index (χ0n) is 15.8. The molecule has 134 valence electrons. The van der Waals surface area contributed by atoms with Crippen molar-refractivity contribution in [3.8, 4) is 0 Å². The highest BCUT2D eigenvalue weighted by molar-refractivity contribution is 5.96. The van der Waals surface area contributed by atoms with E-state index in [2.05, 4.69) is 30.0 Å². The van der Waals surface area contributed by atoms with Crippen molar-refractivity contribution < 1.29 is 4.79 Å². The summed E-state index contributed by atoms with van der Waals surface area (Å²) in [5, 5.41) is 4.52. The molecule has 3 heterocycles. The normalized spacial score (nSPS) is 16.3. The third-order valence-corrected chi connectivity index (χ3v) is 5.39. The van der Waals surface area contributed by atoms with Gasteiger partial charge in [0.25, 0.3) is 0 Å². The highest BCUT2D eigenvalue weighted by Gasteiger charge is 2.29. The van der Waals surface area contributed by atoms with Crippen LogP contribution in [-0.4, -0.2) is 27.0 Å². The van der Waals surface area contributed by atoms with E-state index in [0.717, 1.165) is 40.5 Å². The molecule has 0 saturated heterocycles. The summed E-state index contributed by atoms with van der Waals surface area (Å²) in [6, 6.07) is 10.2. The van der Waals surface area contributed by atoms with Gasteiger partial charge in [-0.05, 0) is 44.4 Å². The second-order valence-electron chi connectivity index (χ2n) is 7.28. The average Bonchev–Trinajstić information content (AvgIpc) is 3.15. The number of nitrogens with zero attached hydrogens (tertiary/aromatic N) is 4. The van der Waals surface area contributed by atoms with E-state index >= 15 is 0 Å². The first-order chi connectivity index (χ1) is 12.5. The van der Waals surface area contributed by atoms with Crippen molar-refractivity contribution in [2.45, 2.75) is 46.5 Å². The summed E-state index contributed by atoms with van der Waals surface area (Å²) in [4.78, 5) is 19.5. The number of rotatable bonds is 3. The predicted molar refractivity (Wildman–Crippen MR) is 103 cm³/mol. The number of fused-ring (bicyclic) bond motifs is 2. The third-order valence-electron chi connectivity index (χ3n) is 5.39. The van der Waals surface area contributed by atoms with E-state index in [1.165, 1.54) is 5.56 Å². The van der Waals surface area contributed by atoms with Crippen LogP contribution in [0.3, 0.4) is 0 Å². The molecule has 1 aromatic carbocycles. The summed E-state index contributed by atoms with van der Waals surface area (Å²) in [5.41, 5.74) is 7.33. The fourth-order valence-corrected chi connectivity index (χ4v) is 4.03. The number of hydrogen-bond acceptors (Lipinski definition) is 3. The first-order valence-corrected chi connectivity index (χ1v) is 9.17. The Labute approximate surface area is 153 Å². The fraction of sp³-hybridized carbons (Fsp3) is 0.381. The standard InChI is InChI=1S/C21H24N4O/c1-13-12-24(19-8-6-5-7-17(13)19)21(26)10-9-18-15(3)22-20-11-14(2)23-25(20)16(18)4/h5-8,11,13H,9-10,12H2,1-4H3/t13-/m0/s1. The fourth-order valence-electron chi connectivity index (χ4n) is 4.03. The number of amides is 1. The zero-order valence-corrected chi connectivity index (χ0v) is 15.8. The molecule has 1 aliphatic heterocycles. The van der Waals surface area contributed by atoms with Gasteiger partial charge in [-0.2, -0.15) is 5.10 Å². The summed E-state index contributed by atoms with van der Waals surface area (Å²) >= 11 is 0. The van der Waals surface area contributed by atoms with Crippen LogP contribution in [0, 0.1) is 20.8 Å². The number of benzene rings is 1. The van der Waals surface area contributed by atoms with Gasteiger partial charge in [-0.1, -0.05) is 25.1 Å². The van der Waals surface area contributed by atoms with Crippen molar-refractivity contribution in [3.05, 3.63) is 58.5 Å². The molecule has 0 bridgehead atoms. The monoisotopic (exact) mass is 348 g/mol. The van der Waals surface area contributed by atoms with Crippen LogP contribution in [-0.2, 0) is 11.2 Å². The summed E-state index contributed by atoms with van der Waals surface area (Å²) in [7, 11) is 0. The van der Waals surface area contributed by atoms with Crippen LogP contribution in [0.1, 0.15) is 47.5 Å². The molecule has 0 N–H and O–H groups in total. The molecular formula is C21H24N4O. The van der Waals surface area contributed by atoms with E-state index < -0.39 is 0 Å². The van der Waals surface area contributed by atoms with Gasteiger partial charge >= 0.3 is 0 Å². The van der Waals surface area contributed by atoms with Crippen LogP contribution >= 0.6 is 0 Å². The van der Waals surface area contributed by atoms with Crippen molar-refractivity contribution in [2.24, 2.45) is 0 Å². The van der Waals surface area contributed by atoms with E-state index in [1.807, 2.05) is 47.5 Å². The molecule has 1 amide bonds. The lowest BCUT2D eigenvalue weighted by atomic mass is 10.0. The highest BCUT2D eigenvalue weighted by atomic mass is 16.2. The van der Waals surface area contributed by atoms with Gasteiger partial charge < -0.3 is 4.90 Å². The van der Waals surface area contributed by atoms with Gasteiger partial charge in [0.2, 0.25) is 5.91 Å². The summed E-state index contributed by atoms with van der Waals surface area (Å²) < 4.78 is 1.88. The Kier molecular flexibility index (Phi) is 4.02. The smallest absolute Gasteiger partial charge is 0.227 e. The minimum absolute atomic E-state index is 0.178. The number of hydrogen-bond donors (Lipinski definition) is 0. The predicted octanol–water partition coefficient (Wildman–Crippen LogP) is 3.74. The number of anilines is 1. The number of carbonyl (C=O) groups excluding carboxylic acids is 1. The molecule has 5 nitrogen and oxygen atoms in total. The molecule has 3 aromatic rings. The SMILES string of the molecule is Cc1cc2nc(C)c(CCC(=O)N3C[C@H](C)c4ccccc43)c(C)n2n1. The molecule has 5 heteroatoms. The van der Waals surface area contributed by atoms with E-state index in [4.69, 9.17) is 0 Å². The van der Waals surface area contributed by atoms with E-state index in [9.17, 15) is 4.79 Å². The molecule has 1 atom stereocenters. The van der Waals surface area contributed by atoms with Gasteiger partial charge in [0.05, 0.1) is 5.69 Å². The lowest BCUT2D eigenvalue weighted by Gasteiger charge is -2.18. The summed E-state index contributed by atoms with van der Waals surface area (Å²) in [6.07, 6.45) is 1.17. The van der Waals surface area contributed by atoms with Crippen molar-refractivity contribution in [2.75, 3.05) is 11.4 Å². The van der Waals surface area contributed by atoms with Crippen molar-refractivity contribution in [1.29, 1.82) is 0 Å². The van der Waals surface area contributed by atoms with Crippen LogP contribution in [0.4, 0.5) is 5.69 Å². The largest absolute Gasteiger partial charge is 0.312 e. The van der Waals surface area contributed by atoms with Crippen molar-refractivity contribution in [1.82, 2.24) is 14.6 Å². The van der Waals surface area contributed by atoms with Crippen LogP contribution in [0.5, 0.6) is 0 Å². The van der Waals surface area contributed by atoms with E-state index in [0.29, 0.717) is 18.8 Å². The molecular weight excluding hydrogens is 324 g/mol. The van der Waals surface area contributed by atoms with Crippen molar-refractivity contribution in [3.63, 3.8) is 0 Å². The average molecular weight is 348 g/mol. The molecule has 0 spiro atoms. The summed E-state index contributed by atoms with van der Waals surface area (Å²) in [5.74, 6) is 0.570. The molecule has 26 heavy (non-hydrogen) atoms. The Balaban J connectivity index is 1.56. The van der Waals surface area contributed by atoms with Crippen LogP contribution in [0.25, 0.3) is 5.65 Å². The molecule has 1 aliphatic rings. The first kappa shape index (κ1) is 16.8. The maximum Gasteiger partial charge on any atom is 0.227 e. The van der Waals surface area contributed by atoms with Gasteiger partial charge in [-0.15, -0.1) is 0 Å². The molecule has 4 rings (SSSR count). The topological polar surface area (TPSA) is 50.5 Å². The lowest BCUT2D eigenvalue weighted by Crippen LogP contribution is -2.29. The van der Waals surface area contributed by atoms with Gasteiger partial charge in [0.15, 0.2) is 5.65 Å². The van der Waals surface area contributed by atoms with Crippen molar-refractivity contribution >= 4 is 17.2 Å².